The summed E-state index contributed by atoms with van der Waals surface area (Å²) in [6.45, 7) is 2.47. The van der Waals surface area contributed by atoms with Crippen LogP contribution in [-0.4, -0.2) is 41.6 Å². The summed E-state index contributed by atoms with van der Waals surface area (Å²) in [7, 11) is 1.57. The van der Waals surface area contributed by atoms with Gasteiger partial charge in [0.15, 0.2) is 0 Å². The number of hydrogen-bond acceptors (Lipinski definition) is 3. The molecule has 1 aromatic carbocycles. The molecule has 0 radical (unpaired) electrons. The summed E-state index contributed by atoms with van der Waals surface area (Å²) in [5.74, 6) is -0.400. The summed E-state index contributed by atoms with van der Waals surface area (Å²) in [4.78, 5) is 25.2. The Hall–Kier alpha value is -2.04. The molecule has 21 heavy (non-hydrogen) atoms. The fourth-order valence-electron chi connectivity index (χ4n) is 2.80. The minimum Gasteiger partial charge on any atom is -0.496 e. The number of methoxy groups -OCH3 is 1. The molecule has 1 saturated heterocycles. The second-order valence-electron chi connectivity index (χ2n) is 5.43. The van der Waals surface area contributed by atoms with Crippen molar-refractivity contribution in [3.8, 4) is 5.75 Å². The number of carbonyl (C=O) groups is 2. The van der Waals surface area contributed by atoms with E-state index in [-0.39, 0.29) is 12.3 Å². The van der Waals surface area contributed by atoms with Gasteiger partial charge in [-0.1, -0.05) is 17.7 Å². The van der Waals surface area contributed by atoms with Gasteiger partial charge in [0.25, 0.3) is 0 Å². The molecule has 1 fully saturated rings. The van der Waals surface area contributed by atoms with E-state index in [1.54, 1.807) is 7.11 Å². The Morgan fingerprint density at radius 1 is 1.38 bits per heavy atom. The van der Waals surface area contributed by atoms with E-state index in [1.807, 2.05) is 25.1 Å². The van der Waals surface area contributed by atoms with Gasteiger partial charge < -0.3 is 14.7 Å². The third-order valence-electron chi connectivity index (χ3n) is 3.89. The van der Waals surface area contributed by atoms with Crippen molar-refractivity contribution in [2.24, 2.45) is 0 Å². The third-order valence-corrected chi connectivity index (χ3v) is 3.89. The maximum absolute atomic E-state index is 12.5. The Balaban J connectivity index is 2.16. The van der Waals surface area contributed by atoms with Crippen molar-refractivity contribution in [2.45, 2.75) is 38.6 Å². The zero-order chi connectivity index (χ0) is 15.4. The van der Waals surface area contributed by atoms with Gasteiger partial charge in [0.1, 0.15) is 11.8 Å². The SMILES string of the molecule is COc1ccc(C)cc1CC(=O)N1CCCC[C@@H]1C(=O)O. The Labute approximate surface area is 124 Å². The predicted octanol–water partition coefficient (Wildman–Crippen LogP) is 2.01. The van der Waals surface area contributed by atoms with E-state index in [0.29, 0.717) is 18.7 Å². The van der Waals surface area contributed by atoms with Crippen molar-refractivity contribution in [3.05, 3.63) is 29.3 Å². The van der Waals surface area contributed by atoms with E-state index in [2.05, 4.69) is 0 Å². The number of aliphatic carboxylic acids is 1. The highest BCUT2D eigenvalue weighted by Crippen LogP contribution is 2.23. The standard InChI is InChI=1S/C16H21NO4/c1-11-6-7-14(21-2)12(9-11)10-15(18)17-8-4-3-5-13(17)16(19)20/h6-7,9,13H,3-5,8,10H2,1-2H3,(H,19,20)/t13-/m1/s1. The third kappa shape index (κ3) is 3.54. The number of carboxylic acids is 1. The molecule has 0 spiro atoms. The van der Waals surface area contributed by atoms with Gasteiger partial charge in [-0.2, -0.15) is 0 Å². The van der Waals surface area contributed by atoms with Crippen LogP contribution < -0.4 is 4.74 Å². The molecule has 5 heteroatoms. The molecule has 0 unspecified atom stereocenters. The number of nitrogens with zero attached hydrogens (tertiary/aromatic N) is 1. The summed E-state index contributed by atoms with van der Waals surface area (Å²) >= 11 is 0. The molecule has 1 amide bonds. The molecule has 0 aromatic heterocycles. The molecular formula is C16H21NO4. The molecule has 1 atom stereocenters. The van der Waals surface area contributed by atoms with Crippen molar-refractivity contribution in [2.75, 3.05) is 13.7 Å². The van der Waals surface area contributed by atoms with Crippen molar-refractivity contribution in [1.29, 1.82) is 0 Å². The second kappa shape index (κ2) is 6.61. The van der Waals surface area contributed by atoms with Crippen LogP contribution in [0.1, 0.15) is 30.4 Å². The van der Waals surface area contributed by atoms with Gasteiger partial charge in [-0.3, -0.25) is 4.79 Å². The smallest absolute Gasteiger partial charge is 0.326 e. The summed E-state index contributed by atoms with van der Waals surface area (Å²) in [6, 6.07) is 4.98. The molecule has 1 aliphatic rings. The van der Waals surface area contributed by atoms with E-state index in [9.17, 15) is 14.7 Å². The summed E-state index contributed by atoms with van der Waals surface area (Å²) in [5.41, 5.74) is 1.85. The highest BCUT2D eigenvalue weighted by molar-refractivity contribution is 5.85. The predicted molar refractivity (Wildman–Crippen MR) is 78.4 cm³/mol. The van der Waals surface area contributed by atoms with E-state index >= 15 is 0 Å². The number of rotatable bonds is 4. The normalized spacial score (nSPS) is 18.4. The summed E-state index contributed by atoms with van der Waals surface area (Å²) in [6.07, 6.45) is 2.43. The number of carbonyl (C=O) groups excluding carboxylic acids is 1. The molecule has 0 aliphatic carbocycles. The van der Waals surface area contributed by atoms with Crippen LogP contribution in [0, 0.1) is 6.92 Å². The number of piperidine rings is 1. The van der Waals surface area contributed by atoms with E-state index in [4.69, 9.17) is 4.74 Å². The van der Waals surface area contributed by atoms with Gasteiger partial charge in [-0.15, -0.1) is 0 Å². The monoisotopic (exact) mass is 291 g/mol. The van der Waals surface area contributed by atoms with Crippen LogP contribution in [0.5, 0.6) is 5.75 Å². The zero-order valence-electron chi connectivity index (χ0n) is 12.5. The lowest BCUT2D eigenvalue weighted by atomic mass is 10.00. The number of carboxylic acid groups (broad SMARTS) is 1. The summed E-state index contributed by atoms with van der Waals surface area (Å²) in [5, 5.41) is 9.25. The first-order chi connectivity index (χ1) is 10.0. The average molecular weight is 291 g/mol. The van der Waals surface area contributed by atoms with Gasteiger partial charge in [0.2, 0.25) is 5.91 Å². The highest BCUT2D eigenvalue weighted by atomic mass is 16.5. The van der Waals surface area contributed by atoms with Gasteiger partial charge in [-0.25, -0.2) is 4.79 Å². The lowest BCUT2D eigenvalue weighted by molar-refractivity contribution is -0.151. The van der Waals surface area contributed by atoms with Crippen LogP contribution >= 0.6 is 0 Å². The minimum atomic E-state index is -0.917. The Morgan fingerprint density at radius 2 is 2.14 bits per heavy atom. The molecular weight excluding hydrogens is 270 g/mol. The molecule has 1 aromatic rings. The van der Waals surface area contributed by atoms with Crippen molar-refractivity contribution >= 4 is 11.9 Å². The molecule has 0 saturated carbocycles. The largest absolute Gasteiger partial charge is 0.496 e. The first-order valence-corrected chi connectivity index (χ1v) is 7.18. The van der Waals surface area contributed by atoms with Crippen molar-refractivity contribution in [3.63, 3.8) is 0 Å². The van der Waals surface area contributed by atoms with Crippen molar-refractivity contribution < 1.29 is 19.4 Å². The van der Waals surface area contributed by atoms with Gasteiger partial charge in [0.05, 0.1) is 13.5 Å². The maximum Gasteiger partial charge on any atom is 0.326 e. The van der Waals surface area contributed by atoms with E-state index in [0.717, 1.165) is 24.0 Å². The molecule has 1 N–H and O–H groups in total. The summed E-state index contributed by atoms with van der Waals surface area (Å²) < 4.78 is 5.28. The number of hydrogen-bond donors (Lipinski definition) is 1. The van der Waals surface area contributed by atoms with Gasteiger partial charge >= 0.3 is 5.97 Å². The van der Waals surface area contributed by atoms with Crippen LogP contribution in [-0.2, 0) is 16.0 Å². The zero-order valence-corrected chi connectivity index (χ0v) is 12.5. The molecule has 1 heterocycles. The molecule has 0 bridgehead atoms. The number of likely N-dealkylation sites (tertiary alicyclic amines) is 1. The quantitative estimate of drug-likeness (QED) is 0.921. The Bertz CT molecular complexity index is 541. The van der Waals surface area contributed by atoms with Crippen molar-refractivity contribution in [1.82, 2.24) is 4.90 Å². The Morgan fingerprint density at radius 3 is 2.81 bits per heavy atom. The molecule has 114 valence electrons. The molecule has 2 rings (SSSR count). The van der Waals surface area contributed by atoms with E-state index in [1.165, 1.54) is 4.90 Å². The van der Waals surface area contributed by atoms with Crippen LogP contribution in [0.2, 0.25) is 0 Å². The molecule has 5 nitrogen and oxygen atoms in total. The average Bonchev–Trinajstić information content (AvgIpc) is 2.47. The topological polar surface area (TPSA) is 66.8 Å². The second-order valence-corrected chi connectivity index (χ2v) is 5.43. The van der Waals surface area contributed by atoms with Crippen LogP contribution in [0.25, 0.3) is 0 Å². The first-order valence-electron chi connectivity index (χ1n) is 7.18. The van der Waals surface area contributed by atoms with E-state index < -0.39 is 12.0 Å². The maximum atomic E-state index is 12.5. The fourth-order valence-corrected chi connectivity index (χ4v) is 2.80. The van der Waals surface area contributed by atoms with Gasteiger partial charge in [-0.05, 0) is 32.3 Å². The van der Waals surface area contributed by atoms with Gasteiger partial charge in [0, 0.05) is 12.1 Å². The Kier molecular flexibility index (Phi) is 4.83. The first kappa shape index (κ1) is 15.4. The minimum absolute atomic E-state index is 0.147. The van der Waals surface area contributed by atoms with Crippen LogP contribution in [0.4, 0.5) is 0 Å². The highest BCUT2D eigenvalue weighted by Gasteiger charge is 2.32. The fraction of sp³-hybridized carbons (Fsp3) is 0.500. The van der Waals surface area contributed by atoms with Crippen LogP contribution in [0.3, 0.4) is 0 Å². The lowest BCUT2D eigenvalue weighted by Crippen LogP contribution is -2.48. The number of aryl methyl sites for hydroxylation is 1. The van der Waals surface area contributed by atoms with Crippen LogP contribution in [0.15, 0.2) is 18.2 Å². The number of benzene rings is 1. The molecule has 1 aliphatic heterocycles. The number of ether oxygens (including phenoxy) is 1. The lowest BCUT2D eigenvalue weighted by Gasteiger charge is -2.33. The number of amides is 1.